The van der Waals surface area contributed by atoms with Gasteiger partial charge in [-0.2, -0.15) is 0 Å². The summed E-state index contributed by atoms with van der Waals surface area (Å²) >= 11 is 0. The smallest absolute Gasteiger partial charge is 0.0431 e. The summed E-state index contributed by atoms with van der Waals surface area (Å²) in [6, 6.07) is 0. The lowest BCUT2D eigenvalue weighted by atomic mass is 11.8. The Balaban J connectivity index is 3.80. The van der Waals surface area contributed by atoms with Gasteiger partial charge in [0, 0.05) is 0 Å². The number of hydrogen-bond donors (Lipinski definition) is 0. The fourth-order valence-electron chi connectivity index (χ4n) is 0.134. The molecule has 1 radical (unpaired) electrons. The van der Waals surface area contributed by atoms with Crippen molar-refractivity contribution < 1.29 is 0 Å². The van der Waals surface area contributed by atoms with Gasteiger partial charge in [0.15, 0.2) is 0 Å². The molecule has 0 N–H and O–H groups in total. The molecule has 0 bridgehead atoms. The van der Waals surface area contributed by atoms with E-state index in [1.165, 1.54) is 0 Å². The van der Waals surface area contributed by atoms with Crippen LogP contribution in [0.4, 0.5) is 0 Å². The van der Waals surface area contributed by atoms with Gasteiger partial charge in [-0.05, 0) is 19.6 Å². The number of rotatable bonds is 1. The van der Waals surface area contributed by atoms with Gasteiger partial charge >= 0.3 is 5.53 Å². The molecule has 0 aliphatic rings. The maximum atomic E-state index is 7.89. The van der Waals surface area contributed by atoms with E-state index in [0.29, 0.717) is 0 Å². The zero-order chi connectivity index (χ0) is 5.91. The Kier molecular flexibility index (Phi) is 1.86. The molecular formula is C3H9N3Si+. The quantitative estimate of drug-likeness (QED) is 0.215. The summed E-state index contributed by atoms with van der Waals surface area (Å²) in [5.74, 6) is 0. The third-order valence-electron chi connectivity index (χ3n) is 0.345. The van der Waals surface area contributed by atoms with E-state index in [0.717, 1.165) is 0 Å². The second-order valence-corrected chi connectivity index (χ2v) is 6.90. The first-order chi connectivity index (χ1) is 3.06. The zero-order valence-electron chi connectivity index (χ0n) is 4.84. The molecule has 0 aromatic carbocycles. The fraction of sp³-hybridized carbons (Fsp3) is 1.00. The van der Waals surface area contributed by atoms with Gasteiger partial charge in [0.2, 0.25) is 4.91 Å². The Morgan fingerprint density at radius 1 is 1.29 bits per heavy atom. The van der Waals surface area contributed by atoms with Gasteiger partial charge in [0.05, 0.1) is 4.78 Å². The topological polar surface area (TPSA) is 50.5 Å². The highest BCUT2D eigenvalue weighted by Gasteiger charge is 2.18. The molecule has 0 saturated heterocycles. The largest absolute Gasteiger partial charge is 0.354 e. The van der Waals surface area contributed by atoms with E-state index in [1.807, 2.05) is 19.6 Å². The minimum absolute atomic E-state index is 1.45. The number of nitrogens with zero attached hydrogens (tertiary/aromatic N) is 3. The van der Waals surface area contributed by atoms with Crippen LogP contribution in [-0.4, -0.2) is 8.24 Å². The zero-order valence-corrected chi connectivity index (χ0v) is 5.84. The van der Waals surface area contributed by atoms with E-state index in [4.69, 9.17) is 5.53 Å². The van der Waals surface area contributed by atoms with Crippen molar-refractivity contribution in [2.75, 3.05) is 0 Å². The molecule has 0 aromatic heterocycles. The van der Waals surface area contributed by atoms with Crippen LogP contribution in [0.5, 0.6) is 0 Å². The van der Waals surface area contributed by atoms with Crippen molar-refractivity contribution in [1.29, 1.82) is 0 Å². The minimum atomic E-state index is -1.45. The average molecular weight is 115 g/mol. The maximum absolute atomic E-state index is 7.89. The second-order valence-electron chi connectivity index (χ2n) is 2.36. The lowest BCUT2D eigenvalue weighted by Gasteiger charge is -1.91. The lowest BCUT2D eigenvalue weighted by molar-refractivity contribution is 1.37. The summed E-state index contributed by atoms with van der Waals surface area (Å²) < 4.78 is 3.58. The Labute approximate surface area is 44.1 Å². The predicted molar refractivity (Wildman–Crippen MR) is 32.2 cm³/mol. The normalized spacial score (nSPS) is 10.1. The summed E-state index contributed by atoms with van der Waals surface area (Å²) in [6.07, 6.45) is 0. The van der Waals surface area contributed by atoms with E-state index in [9.17, 15) is 0 Å². The fourth-order valence-corrected chi connectivity index (χ4v) is 0.402. The van der Waals surface area contributed by atoms with E-state index >= 15 is 0 Å². The molecule has 0 aromatic rings. The molecule has 7 heavy (non-hydrogen) atoms. The third kappa shape index (κ3) is 5.53. The van der Waals surface area contributed by atoms with Crippen molar-refractivity contribution in [2.24, 2.45) is 0 Å². The van der Waals surface area contributed by atoms with Crippen molar-refractivity contribution in [3.05, 3.63) is 10.4 Å². The van der Waals surface area contributed by atoms with Crippen molar-refractivity contribution in [1.82, 2.24) is 4.78 Å². The molecule has 0 spiro atoms. The van der Waals surface area contributed by atoms with Crippen LogP contribution in [0.25, 0.3) is 10.4 Å². The summed E-state index contributed by atoms with van der Waals surface area (Å²) in [7, 11) is -1.45. The van der Waals surface area contributed by atoms with Gasteiger partial charge in [-0.15, -0.1) is 0 Å². The molecular weight excluding hydrogens is 106 g/mol. The number of hydrogen-bond acceptors (Lipinski definition) is 1. The third-order valence-corrected chi connectivity index (χ3v) is 1.03. The van der Waals surface area contributed by atoms with Crippen molar-refractivity contribution >= 4 is 8.24 Å². The standard InChI is InChI=1S/C3H9N3Si/c1-7(2,3)6-5-4/h1-3H3/q+1. The van der Waals surface area contributed by atoms with E-state index in [1.54, 1.807) is 0 Å². The van der Waals surface area contributed by atoms with E-state index < -0.39 is 8.24 Å². The van der Waals surface area contributed by atoms with Crippen LogP contribution in [-0.2, 0) is 0 Å². The first-order valence-corrected chi connectivity index (χ1v) is 5.57. The lowest BCUT2D eigenvalue weighted by Crippen LogP contribution is -2.24. The van der Waals surface area contributed by atoms with Gasteiger partial charge in [-0.25, -0.2) is 0 Å². The molecule has 0 heterocycles. The average Bonchev–Trinajstić information content (AvgIpc) is 1.30. The van der Waals surface area contributed by atoms with Gasteiger partial charge in [-0.3, -0.25) is 0 Å². The van der Waals surface area contributed by atoms with Crippen LogP contribution in [0, 0.1) is 0 Å². The Bertz CT molecular complexity index is 97.2. The van der Waals surface area contributed by atoms with Crippen LogP contribution in [0.1, 0.15) is 0 Å². The molecule has 0 amide bonds. The summed E-state index contributed by atoms with van der Waals surface area (Å²) in [5, 5.41) is 0. The Morgan fingerprint density at radius 2 is 1.71 bits per heavy atom. The Hall–Kier alpha value is -0.473. The van der Waals surface area contributed by atoms with Crippen LogP contribution >= 0.6 is 0 Å². The highest BCUT2D eigenvalue weighted by atomic mass is 28.3. The Morgan fingerprint density at radius 3 is 1.71 bits per heavy atom. The van der Waals surface area contributed by atoms with Crippen molar-refractivity contribution in [2.45, 2.75) is 19.6 Å². The van der Waals surface area contributed by atoms with Crippen molar-refractivity contribution in [3.63, 3.8) is 0 Å². The summed E-state index contributed by atoms with van der Waals surface area (Å²) in [4.78, 5) is 2.69. The minimum Gasteiger partial charge on any atom is -0.0431 e. The van der Waals surface area contributed by atoms with Crippen molar-refractivity contribution in [3.8, 4) is 0 Å². The maximum Gasteiger partial charge on any atom is 0.354 e. The van der Waals surface area contributed by atoms with Gasteiger partial charge < -0.3 is 0 Å². The second kappa shape index (κ2) is 2.00. The predicted octanol–water partition coefficient (Wildman–Crippen LogP) is 1.47. The van der Waals surface area contributed by atoms with Crippen LogP contribution in [0.3, 0.4) is 0 Å². The monoisotopic (exact) mass is 115 g/mol. The molecule has 0 aliphatic heterocycles. The van der Waals surface area contributed by atoms with Crippen LogP contribution in [0.2, 0.25) is 19.6 Å². The van der Waals surface area contributed by atoms with Gasteiger partial charge in [0.25, 0.3) is 8.24 Å². The molecule has 0 rings (SSSR count). The highest BCUT2D eigenvalue weighted by molar-refractivity contribution is 6.72. The van der Waals surface area contributed by atoms with Gasteiger partial charge in [0.1, 0.15) is 0 Å². The SMILES string of the molecule is C[Si](C)(C)[N+]=[N+]=[N-]. The number of azide groups is 1. The summed E-state index contributed by atoms with van der Waals surface area (Å²) in [5.41, 5.74) is 7.89. The molecule has 4 heteroatoms. The molecule has 3 nitrogen and oxygen atoms in total. The molecule has 0 aliphatic carbocycles. The molecule has 0 unspecified atom stereocenters. The molecule has 39 valence electrons. The van der Waals surface area contributed by atoms with Gasteiger partial charge in [-0.1, -0.05) is 0 Å². The van der Waals surface area contributed by atoms with E-state index in [2.05, 4.69) is 9.69 Å². The van der Waals surface area contributed by atoms with Crippen LogP contribution < -0.4 is 4.78 Å². The summed E-state index contributed by atoms with van der Waals surface area (Å²) in [6.45, 7) is 5.98. The molecule has 0 fully saturated rings. The molecule has 0 saturated carbocycles. The first kappa shape index (κ1) is 6.53. The van der Waals surface area contributed by atoms with Crippen LogP contribution in [0.15, 0.2) is 0 Å². The first-order valence-electron chi connectivity index (χ1n) is 2.12. The van der Waals surface area contributed by atoms with E-state index in [-0.39, 0.29) is 0 Å². The molecule has 0 atom stereocenters. The highest BCUT2D eigenvalue weighted by Crippen LogP contribution is 1.90.